The van der Waals surface area contributed by atoms with Crippen molar-refractivity contribution in [2.75, 3.05) is 25.5 Å². The van der Waals surface area contributed by atoms with E-state index in [1.54, 1.807) is 6.07 Å². The normalized spacial score (nSPS) is 10.8. The lowest BCUT2D eigenvalue weighted by Gasteiger charge is -2.16. The van der Waals surface area contributed by atoms with Crippen molar-refractivity contribution in [1.82, 2.24) is 4.98 Å². The summed E-state index contributed by atoms with van der Waals surface area (Å²) in [6.45, 7) is 0.514. The molecule has 0 aliphatic heterocycles. The predicted molar refractivity (Wildman–Crippen MR) is 68.8 cm³/mol. The second kappa shape index (κ2) is 4.67. The molecule has 4 heteroatoms. The molecule has 0 saturated heterocycles. The van der Waals surface area contributed by atoms with E-state index < -0.39 is 0 Å². The van der Waals surface area contributed by atoms with Crippen LogP contribution in [0.15, 0.2) is 24.3 Å². The third-order valence-electron chi connectivity index (χ3n) is 2.70. The molecular weight excluding hydrogens is 217 g/mol. The van der Waals surface area contributed by atoms with E-state index in [4.69, 9.17) is 5.73 Å². The Hall–Kier alpha value is -1.68. The van der Waals surface area contributed by atoms with Gasteiger partial charge in [0.1, 0.15) is 11.3 Å². The summed E-state index contributed by atoms with van der Waals surface area (Å²) in [5.74, 6) is -0.288. The van der Waals surface area contributed by atoms with E-state index in [1.165, 1.54) is 6.07 Å². The number of hydrogen-bond donors (Lipinski definition) is 1. The molecule has 1 heterocycles. The highest BCUT2D eigenvalue weighted by molar-refractivity contribution is 5.92. The number of nitrogens with two attached hydrogens (primary N) is 1. The number of rotatable bonds is 3. The van der Waals surface area contributed by atoms with Crippen LogP contribution in [0.2, 0.25) is 0 Å². The highest BCUT2D eigenvalue weighted by atomic mass is 19.1. The Morgan fingerprint density at radius 3 is 2.76 bits per heavy atom. The molecule has 1 aromatic carbocycles. The van der Waals surface area contributed by atoms with Crippen molar-refractivity contribution in [1.29, 1.82) is 0 Å². The average molecular weight is 233 g/mol. The molecule has 0 atom stereocenters. The summed E-state index contributed by atoms with van der Waals surface area (Å²) < 4.78 is 13.7. The number of aromatic nitrogens is 1. The molecule has 2 rings (SSSR count). The van der Waals surface area contributed by atoms with Crippen molar-refractivity contribution in [3.63, 3.8) is 0 Å². The molecule has 90 valence electrons. The molecule has 3 nitrogen and oxygen atoms in total. The van der Waals surface area contributed by atoms with Crippen LogP contribution in [0.3, 0.4) is 0 Å². The van der Waals surface area contributed by atoms with Crippen molar-refractivity contribution in [2.45, 2.75) is 6.42 Å². The van der Waals surface area contributed by atoms with Gasteiger partial charge in [-0.2, -0.15) is 0 Å². The summed E-state index contributed by atoms with van der Waals surface area (Å²) >= 11 is 0. The Labute approximate surface area is 100 Å². The van der Waals surface area contributed by atoms with Gasteiger partial charge in [0.2, 0.25) is 0 Å². The Balaban J connectivity index is 2.72. The number of fused-ring (bicyclic) bond motifs is 1. The van der Waals surface area contributed by atoms with Crippen LogP contribution in [0.4, 0.5) is 10.1 Å². The minimum Gasteiger partial charge on any atom is -0.377 e. The Morgan fingerprint density at radius 2 is 2.12 bits per heavy atom. The number of nitrogens with zero attached hydrogens (tertiary/aromatic N) is 2. The maximum Gasteiger partial charge on any atom is 0.149 e. The zero-order valence-corrected chi connectivity index (χ0v) is 10.1. The lowest BCUT2D eigenvalue weighted by atomic mass is 10.1. The van der Waals surface area contributed by atoms with Crippen LogP contribution in [0.5, 0.6) is 0 Å². The highest BCUT2D eigenvalue weighted by Gasteiger charge is 2.10. The summed E-state index contributed by atoms with van der Waals surface area (Å²) in [5.41, 5.74) is 7.74. The van der Waals surface area contributed by atoms with Crippen LogP contribution in [0.25, 0.3) is 10.9 Å². The fourth-order valence-corrected chi connectivity index (χ4v) is 1.89. The van der Waals surface area contributed by atoms with E-state index in [0.29, 0.717) is 18.5 Å². The number of hydrogen-bond acceptors (Lipinski definition) is 3. The van der Waals surface area contributed by atoms with E-state index in [9.17, 15) is 4.39 Å². The van der Waals surface area contributed by atoms with Gasteiger partial charge in [0.25, 0.3) is 0 Å². The van der Waals surface area contributed by atoms with Gasteiger partial charge in [-0.15, -0.1) is 0 Å². The van der Waals surface area contributed by atoms with Gasteiger partial charge in [-0.1, -0.05) is 12.1 Å². The number of para-hydroxylation sites is 1. The van der Waals surface area contributed by atoms with Crippen LogP contribution >= 0.6 is 0 Å². The van der Waals surface area contributed by atoms with Gasteiger partial charge in [0, 0.05) is 37.3 Å². The molecule has 0 unspecified atom stereocenters. The molecule has 2 aromatic rings. The van der Waals surface area contributed by atoms with Gasteiger partial charge in [0.05, 0.1) is 0 Å². The van der Waals surface area contributed by atoms with Crippen LogP contribution in [0, 0.1) is 5.82 Å². The summed E-state index contributed by atoms with van der Waals surface area (Å²) in [7, 11) is 3.87. The fourth-order valence-electron chi connectivity index (χ4n) is 1.89. The molecule has 0 amide bonds. The maximum atomic E-state index is 13.7. The van der Waals surface area contributed by atoms with Crippen molar-refractivity contribution in [3.05, 3.63) is 35.8 Å². The lowest BCUT2D eigenvalue weighted by molar-refractivity contribution is 0.636. The average Bonchev–Trinajstić information content (AvgIpc) is 2.29. The number of benzene rings is 1. The first-order valence-electron chi connectivity index (χ1n) is 5.59. The monoisotopic (exact) mass is 233 g/mol. The Kier molecular flexibility index (Phi) is 3.24. The van der Waals surface area contributed by atoms with Gasteiger partial charge in [-0.3, -0.25) is 0 Å². The minimum atomic E-state index is -0.288. The summed E-state index contributed by atoms with van der Waals surface area (Å²) in [4.78, 5) is 6.29. The number of pyridine rings is 1. The van der Waals surface area contributed by atoms with E-state index in [0.717, 1.165) is 16.8 Å². The molecular formula is C13H16FN3. The van der Waals surface area contributed by atoms with Gasteiger partial charge >= 0.3 is 0 Å². The highest BCUT2D eigenvalue weighted by Crippen LogP contribution is 2.27. The quantitative estimate of drug-likeness (QED) is 0.881. The van der Waals surface area contributed by atoms with E-state index in [1.807, 2.05) is 31.1 Å². The van der Waals surface area contributed by atoms with Crippen molar-refractivity contribution in [2.24, 2.45) is 5.73 Å². The van der Waals surface area contributed by atoms with E-state index in [-0.39, 0.29) is 5.82 Å². The maximum absolute atomic E-state index is 13.7. The molecule has 0 aliphatic carbocycles. The Bertz CT molecular complexity index is 537. The topological polar surface area (TPSA) is 42.1 Å². The molecule has 0 radical (unpaired) electrons. The predicted octanol–water partition coefficient (Wildman–Crippen LogP) is 1.94. The van der Waals surface area contributed by atoms with Gasteiger partial charge in [-0.25, -0.2) is 9.37 Å². The molecule has 0 spiro atoms. The first-order valence-corrected chi connectivity index (χ1v) is 5.59. The van der Waals surface area contributed by atoms with E-state index >= 15 is 0 Å². The third kappa shape index (κ3) is 2.22. The largest absolute Gasteiger partial charge is 0.377 e. The molecule has 0 fully saturated rings. The molecule has 1 aromatic heterocycles. The third-order valence-corrected chi connectivity index (χ3v) is 2.70. The standard InChI is InChI=1S/C13H16FN3/c1-17(2)12-8-9(6-7-15)16-13-10(12)4-3-5-11(13)14/h3-5,8H,6-7,15H2,1-2H3. The molecule has 0 aliphatic rings. The zero-order chi connectivity index (χ0) is 12.4. The number of halogens is 1. The SMILES string of the molecule is CN(C)c1cc(CCN)nc2c(F)cccc12. The summed E-state index contributed by atoms with van der Waals surface area (Å²) in [6.07, 6.45) is 0.658. The van der Waals surface area contributed by atoms with Crippen LogP contribution in [-0.4, -0.2) is 25.6 Å². The molecule has 17 heavy (non-hydrogen) atoms. The van der Waals surface area contributed by atoms with Gasteiger partial charge in [-0.05, 0) is 18.7 Å². The molecule has 0 saturated carbocycles. The van der Waals surface area contributed by atoms with Crippen LogP contribution in [0.1, 0.15) is 5.69 Å². The number of anilines is 1. The second-order valence-electron chi connectivity index (χ2n) is 4.20. The Morgan fingerprint density at radius 1 is 1.35 bits per heavy atom. The molecule has 0 bridgehead atoms. The van der Waals surface area contributed by atoms with Crippen molar-refractivity contribution < 1.29 is 4.39 Å². The van der Waals surface area contributed by atoms with Gasteiger partial charge in [0.15, 0.2) is 0 Å². The van der Waals surface area contributed by atoms with Crippen LogP contribution in [-0.2, 0) is 6.42 Å². The second-order valence-corrected chi connectivity index (χ2v) is 4.20. The minimum absolute atomic E-state index is 0.288. The molecule has 2 N–H and O–H groups in total. The lowest BCUT2D eigenvalue weighted by Crippen LogP contribution is -2.12. The smallest absolute Gasteiger partial charge is 0.149 e. The van der Waals surface area contributed by atoms with E-state index in [2.05, 4.69) is 4.98 Å². The van der Waals surface area contributed by atoms with Crippen molar-refractivity contribution in [3.8, 4) is 0 Å². The van der Waals surface area contributed by atoms with Crippen LogP contribution < -0.4 is 10.6 Å². The first-order chi connectivity index (χ1) is 8.13. The summed E-state index contributed by atoms with van der Waals surface area (Å²) in [5, 5.41) is 0.829. The zero-order valence-electron chi connectivity index (χ0n) is 10.1. The first kappa shape index (κ1) is 11.8. The van der Waals surface area contributed by atoms with Crippen molar-refractivity contribution >= 4 is 16.6 Å². The van der Waals surface area contributed by atoms with Gasteiger partial charge < -0.3 is 10.6 Å². The summed E-state index contributed by atoms with van der Waals surface area (Å²) in [6, 6.07) is 6.98. The fraction of sp³-hybridized carbons (Fsp3) is 0.308.